The number of hydrogen-bond donors (Lipinski definition) is 0. The Morgan fingerprint density at radius 2 is 0.640 bits per heavy atom. The van der Waals surface area contributed by atoms with Crippen LogP contribution in [0.2, 0.25) is 0 Å². The molecule has 8 rings (SSSR count). The predicted octanol–water partition coefficient (Wildman–Crippen LogP) is 14.0. The van der Waals surface area contributed by atoms with Crippen LogP contribution in [0.25, 0.3) is 32.3 Å². The van der Waals surface area contributed by atoms with Crippen molar-refractivity contribution in [3.05, 3.63) is 166 Å². The third-order valence-electron chi connectivity index (χ3n) is 10.4. The highest BCUT2D eigenvalue weighted by molar-refractivity contribution is 6.28. The van der Waals surface area contributed by atoms with Crippen LogP contribution >= 0.6 is 0 Å². The summed E-state index contributed by atoms with van der Waals surface area (Å²) < 4.78 is 0. The molecule has 2 heteroatoms. The summed E-state index contributed by atoms with van der Waals surface area (Å²) in [6.45, 7) is 17.7. The fourth-order valence-corrected chi connectivity index (χ4v) is 8.38. The molecule has 2 nitrogen and oxygen atoms in total. The SMILES string of the molecule is Cc1ccc(N(c2c(C)cc(C)cc2C)c2ccc3ccc4c(N(c5ccc(C)cc5)c5c(C)cc(C)cc5C)ccc5ccc2c3c54)cc1. The minimum Gasteiger partial charge on any atom is -0.309 e. The van der Waals surface area contributed by atoms with E-state index in [-0.39, 0.29) is 0 Å². The lowest BCUT2D eigenvalue weighted by Gasteiger charge is -2.32. The molecule has 0 aromatic heterocycles. The zero-order valence-corrected chi connectivity index (χ0v) is 30.4. The van der Waals surface area contributed by atoms with Crippen LogP contribution in [0.15, 0.2) is 121 Å². The molecule has 0 radical (unpaired) electrons. The average molecular weight is 649 g/mol. The maximum Gasteiger partial charge on any atom is 0.0540 e. The van der Waals surface area contributed by atoms with Crippen molar-refractivity contribution in [1.82, 2.24) is 0 Å². The van der Waals surface area contributed by atoms with E-state index < -0.39 is 0 Å². The van der Waals surface area contributed by atoms with E-state index in [4.69, 9.17) is 0 Å². The number of hydrogen-bond acceptors (Lipinski definition) is 2. The summed E-state index contributed by atoms with van der Waals surface area (Å²) in [6, 6.07) is 45.7. The van der Waals surface area contributed by atoms with Gasteiger partial charge in [-0.25, -0.2) is 0 Å². The highest BCUT2D eigenvalue weighted by atomic mass is 15.2. The largest absolute Gasteiger partial charge is 0.309 e. The number of benzene rings is 8. The Morgan fingerprint density at radius 1 is 0.320 bits per heavy atom. The van der Waals surface area contributed by atoms with Crippen molar-refractivity contribution in [1.29, 1.82) is 0 Å². The molecule has 8 aromatic rings. The summed E-state index contributed by atoms with van der Waals surface area (Å²) in [5, 5.41) is 7.62. The molecule has 0 fully saturated rings. The maximum absolute atomic E-state index is 2.48. The standard InChI is InChI=1S/C48H44N2/c1-29-9-17-39(18-10-29)49(47-33(5)25-31(3)26-34(47)6)43-23-15-37-14-22-42-44(24-16-38-13-21-41(43)45(37)46(38)42)50(40-19-11-30(2)12-20-40)48-35(7)27-32(4)28-36(48)8/h9-28H,1-8H3. The molecule has 0 unspecified atom stereocenters. The van der Waals surface area contributed by atoms with Crippen LogP contribution < -0.4 is 9.80 Å². The molecule has 0 aliphatic rings. The van der Waals surface area contributed by atoms with Crippen molar-refractivity contribution in [3.63, 3.8) is 0 Å². The first-order valence-electron chi connectivity index (χ1n) is 17.7. The van der Waals surface area contributed by atoms with Gasteiger partial charge < -0.3 is 9.80 Å². The fourth-order valence-electron chi connectivity index (χ4n) is 8.38. The molecule has 0 saturated heterocycles. The van der Waals surface area contributed by atoms with Gasteiger partial charge in [0.25, 0.3) is 0 Å². The molecule has 0 bridgehead atoms. The summed E-state index contributed by atoms with van der Waals surface area (Å²) in [6.07, 6.45) is 0. The monoisotopic (exact) mass is 648 g/mol. The van der Waals surface area contributed by atoms with Crippen LogP contribution in [0, 0.1) is 55.4 Å². The summed E-state index contributed by atoms with van der Waals surface area (Å²) >= 11 is 0. The van der Waals surface area contributed by atoms with Crippen LogP contribution in [-0.2, 0) is 0 Å². The van der Waals surface area contributed by atoms with E-state index in [1.165, 1.54) is 99.6 Å². The van der Waals surface area contributed by atoms with Crippen LogP contribution in [0.3, 0.4) is 0 Å². The van der Waals surface area contributed by atoms with Gasteiger partial charge in [-0.15, -0.1) is 0 Å². The topological polar surface area (TPSA) is 6.48 Å². The molecule has 0 heterocycles. The smallest absolute Gasteiger partial charge is 0.0540 e. The van der Waals surface area contributed by atoms with Crippen LogP contribution in [0.1, 0.15) is 44.5 Å². The van der Waals surface area contributed by atoms with E-state index >= 15 is 0 Å². The number of nitrogens with zero attached hydrogens (tertiary/aromatic N) is 2. The molecule has 246 valence electrons. The molecule has 0 amide bonds. The normalized spacial score (nSPS) is 11.6. The van der Waals surface area contributed by atoms with Crippen molar-refractivity contribution in [2.75, 3.05) is 9.80 Å². The first kappa shape index (κ1) is 31.7. The van der Waals surface area contributed by atoms with Crippen LogP contribution in [0.5, 0.6) is 0 Å². The zero-order chi connectivity index (χ0) is 34.8. The Bertz CT molecular complexity index is 2330. The van der Waals surface area contributed by atoms with Gasteiger partial charge in [0.1, 0.15) is 0 Å². The van der Waals surface area contributed by atoms with Gasteiger partial charge in [0.05, 0.1) is 22.7 Å². The van der Waals surface area contributed by atoms with Gasteiger partial charge >= 0.3 is 0 Å². The summed E-state index contributed by atoms with van der Waals surface area (Å²) in [5.74, 6) is 0. The van der Waals surface area contributed by atoms with Crippen LogP contribution in [0.4, 0.5) is 34.1 Å². The Morgan fingerprint density at radius 3 is 0.980 bits per heavy atom. The van der Waals surface area contributed by atoms with Gasteiger partial charge in [-0.1, -0.05) is 107 Å². The van der Waals surface area contributed by atoms with E-state index in [1.807, 2.05) is 0 Å². The Hall–Kier alpha value is -5.60. The second-order valence-corrected chi connectivity index (χ2v) is 14.4. The highest BCUT2D eigenvalue weighted by Gasteiger charge is 2.24. The lowest BCUT2D eigenvalue weighted by molar-refractivity contribution is 1.21. The van der Waals surface area contributed by atoms with E-state index in [2.05, 4.69) is 187 Å². The molecular formula is C48H44N2. The van der Waals surface area contributed by atoms with E-state index in [9.17, 15) is 0 Å². The average Bonchev–Trinajstić information content (AvgIpc) is 3.08. The highest BCUT2D eigenvalue weighted by Crippen LogP contribution is 2.49. The first-order valence-corrected chi connectivity index (χ1v) is 17.7. The number of aryl methyl sites for hydroxylation is 8. The minimum absolute atomic E-state index is 1.16. The summed E-state index contributed by atoms with van der Waals surface area (Å²) in [7, 11) is 0. The van der Waals surface area contributed by atoms with Gasteiger partial charge in [-0.3, -0.25) is 0 Å². The van der Waals surface area contributed by atoms with Crippen molar-refractivity contribution in [2.45, 2.75) is 55.4 Å². The molecule has 0 atom stereocenters. The van der Waals surface area contributed by atoms with Crippen molar-refractivity contribution in [2.24, 2.45) is 0 Å². The molecule has 0 N–H and O–H groups in total. The number of rotatable bonds is 6. The van der Waals surface area contributed by atoms with Crippen molar-refractivity contribution < 1.29 is 0 Å². The molecular weight excluding hydrogens is 605 g/mol. The fraction of sp³-hybridized carbons (Fsp3) is 0.167. The zero-order valence-electron chi connectivity index (χ0n) is 30.4. The number of anilines is 6. The van der Waals surface area contributed by atoms with E-state index in [0.717, 1.165) is 11.4 Å². The molecule has 0 spiro atoms. The second-order valence-electron chi connectivity index (χ2n) is 14.4. The second kappa shape index (κ2) is 12.1. The van der Waals surface area contributed by atoms with Gasteiger partial charge in [0, 0.05) is 22.1 Å². The minimum atomic E-state index is 1.16. The Kier molecular flexibility index (Phi) is 7.64. The van der Waals surface area contributed by atoms with Crippen LogP contribution in [-0.4, -0.2) is 0 Å². The van der Waals surface area contributed by atoms with Crippen molar-refractivity contribution >= 4 is 66.4 Å². The maximum atomic E-state index is 2.48. The van der Waals surface area contributed by atoms with Crippen molar-refractivity contribution in [3.8, 4) is 0 Å². The lowest BCUT2D eigenvalue weighted by Crippen LogP contribution is -2.14. The molecule has 50 heavy (non-hydrogen) atoms. The van der Waals surface area contributed by atoms with E-state index in [0.29, 0.717) is 0 Å². The summed E-state index contributed by atoms with van der Waals surface area (Å²) in [5.41, 5.74) is 17.4. The third-order valence-corrected chi connectivity index (χ3v) is 10.4. The van der Waals surface area contributed by atoms with Gasteiger partial charge in [-0.05, 0) is 136 Å². The third kappa shape index (κ3) is 5.18. The van der Waals surface area contributed by atoms with E-state index in [1.54, 1.807) is 0 Å². The molecule has 8 aromatic carbocycles. The Labute approximate surface area is 296 Å². The summed E-state index contributed by atoms with van der Waals surface area (Å²) in [4.78, 5) is 4.96. The lowest BCUT2D eigenvalue weighted by atomic mass is 9.91. The molecule has 0 aliphatic carbocycles. The van der Waals surface area contributed by atoms with Gasteiger partial charge in [-0.2, -0.15) is 0 Å². The van der Waals surface area contributed by atoms with Gasteiger partial charge in [0.15, 0.2) is 0 Å². The predicted molar refractivity (Wildman–Crippen MR) is 217 cm³/mol. The molecule has 0 aliphatic heterocycles. The first-order chi connectivity index (χ1) is 24.1. The van der Waals surface area contributed by atoms with Gasteiger partial charge in [0.2, 0.25) is 0 Å². The Balaban J connectivity index is 1.44. The quantitative estimate of drug-likeness (QED) is 0.166. The molecule has 0 saturated carbocycles.